The number of nitrogens with zero attached hydrogens (tertiary/aromatic N) is 3. The van der Waals surface area contributed by atoms with Crippen molar-refractivity contribution in [2.24, 2.45) is 7.05 Å². The van der Waals surface area contributed by atoms with Gasteiger partial charge in [-0.25, -0.2) is 4.98 Å². The monoisotopic (exact) mass is 205 g/mol. The van der Waals surface area contributed by atoms with E-state index in [0.717, 1.165) is 16.9 Å². The quantitative estimate of drug-likeness (QED) is 0.717. The first-order chi connectivity index (χ1) is 6.72. The van der Waals surface area contributed by atoms with Gasteiger partial charge in [-0.3, -0.25) is 0 Å². The Hall–Kier alpha value is -1.53. The summed E-state index contributed by atoms with van der Waals surface area (Å²) in [6, 6.07) is 7.62. The lowest BCUT2D eigenvalue weighted by atomic mass is 10.3. The molecule has 0 aliphatic heterocycles. The molecular weight excluding hydrogens is 198 g/mol. The molecule has 0 atom stereocenters. The van der Waals surface area contributed by atoms with Crippen LogP contribution in [0.25, 0.3) is 11.0 Å². The van der Waals surface area contributed by atoms with E-state index in [9.17, 15) is 0 Å². The Labute approximate surface area is 86.5 Å². The lowest BCUT2D eigenvalue weighted by molar-refractivity contribution is 0.857. The van der Waals surface area contributed by atoms with E-state index >= 15 is 0 Å². The molecule has 3 nitrogen and oxygen atoms in total. The fourth-order valence-electron chi connectivity index (χ4n) is 1.45. The molecular formula is C10H8ClN3. The summed E-state index contributed by atoms with van der Waals surface area (Å²) < 4.78 is 1.91. The van der Waals surface area contributed by atoms with E-state index in [1.807, 2.05) is 23.7 Å². The van der Waals surface area contributed by atoms with Gasteiger partial charge in [0, 0.05) is 12.1 Å². The molecule has 0 amide bonds. The number of halogens is 1. The minimum Gasteiger partial charge on any atom is -0.330 e. The molecule has 2 rings (SSSR count). The average Bonchev–Trinajstić information content (AvgIpc) is 2.44. The third-order valence-electron chi connectivity index (χ3n) is 2.17. The lowest BCUT2D eigenvalue weighted by Crippen LogP contribution is -1.95. The van der Waals surface area contributed by atoms with Gasteiger partial charge in [0.25, 0.3) is 0 Å². The summed E-state index contributed by atoms with van der Waals surface area (Å²) in [5.74, 6) is 0.768. The van der Waals surface area contributed by atoms with E-state index < -0.39 is 0 Å². The third-order valence-corrected chi connectivity index (χ3v) is 2.41. The van der Waals surface area contributed by atoms with E-state index in [-0.39, 0.29) is 0 Å². The van der Waals surface area contributed by atoms with Crippen molar-refractivity contribution in [2.45, 2.75) is 6.42 Å². The number of rotatable bonds is 1. The topological polar surface area (TPSA) is 41.6 Å². The van der Waals surface area contributed by atoms with Crippen LogP contribution in [0.3, 0.4) is 0 Å². The van der Waals surface area contributed by atoms with Crippen LogP contribution in [0.15, 0.2) is 18.2 Å². The fraction of sp³-hybridized carbons (Fsp3) is 0.200. The zero-order valence-corrected chi connectivity index (χ0v) is 8.41. The highest BCUT2D eigenvalue weighted by Crippen LogP contribution is 2.19. The standard InChI is InChI=1S/C10H8ClN3/c1-14-9-3-2-7(11)6-8(9)13-10(14)4-5-12/h2-3,6H,4H2,1H3. The van der Waals surface area contributed by atoms with Crippen molar-refractivity contribution in [1.82, 2.24) is 9.55 Å². The van der Waals surface area contributed by atoms with Crippen LogP contribution < -0.4 is 0 Å². The van der Waals surface area contributed by atoms with Gasteiger partial charge in [-0.05, 0) is 18.2 Å². The Balaban J connectivity index is 2.68. The summed E-state index contributed by atoms with van der Waals surface area (Å²) in [6.07, 6.45) is 0.322. The summed E-state index contributed by atoms with van der Waals surface area (Å²) >= 11 is 5.84. The number of hydrogen-bond donors (Lipinski definition) is 0. The smallest absolute Gasteiger partial charge is 0.123 e. The Morgan fingerprint density at radius 3 is 3.07 bits per heavy atom. The molecule has 2 aromatic rings. The van der Waals surface area contributed by atoms with Gasteiger partial charge in [0.15, 0.2) is 0 Å². The molecule has 1 heterocycles. The van der Waals surface area contributed by atoms with Crippen LogP contribution >= 0.6 is 11.6 Å². The van der Waals surface area contributed by atoms with E-state index in [2.05, 4.69) is 11.1 Å². The molecule has 70 valence electrons. The highest BCUT2D eigenvalue weighted by Gasteiger charge is 2.06. The average molecular weight is 206 g/mol. The van der Waals surface area contributed by atoms with E-state index in [1.165, 1.54) is 0 Å². The molecule has 0 bridgehead atoms. The van der Waals surface area contributed by atoms with Gasteiger partial charge < -0.3 is 4.57 Å². The number of fused-ring (bicyclic) bond motifs is 1. The number of benzene rings is 1. The van der Waals surface area contributed by atoms with Crippen molar-refractivity contribution < 1.29 is 0 Å². The van der Waals surface area contributed by atoms with Gasteiger partial charge in [-0.2, -0.15) is 5.26 Å². The Morgan fingerprint density at radius 1 is 1.57 bits per heavy atom. The minimum atomic E-state index is 0.322. The zero-order valence-electron chi connectivity index (χ0n) is 7.66. The summed E-state index contributed by atoms with van der Waals surface area (Å²) in [5.41, 5.74) is 1.84. The molecule has 1 aromatic carbocycles. The minimum absolute atomic E-state index is 0.322. The first-order valence-corrected chi connectivity index (χ1v) is 4.58. The second-order valence-electron chi connectivity index (χ2n) is 3.05. The lowest BCUT2D eigenvalue weighted by Gasteiger charge is -1.96. The van der Waals surface area contributed by atoms with E-state index in [1.54, 1.807) is 6.07 Å². The van der Waals surface area contributed by atoms with Gasteiger partial charge in [-0.1, -0.05) is 11.6 Å². The summed E-state index contributed by atoms with van der Waals surface area (Å²) in [6.45, 7) is 0. The van der Waals surface area contributed by atoms with E-state index in [4.69, 9.17) is 16.9 Å². The van der Waals surface area contributed by atoms with Gasteiger partial charge in [-0.15, -0.1) is 0 Å². The largest absolute Gasteiger partial charge is 0.330 e. The molecule has 0 unspecified atom stereocenters. The zero-order chi connectivity index (χ0) is 10.1. The first kappa shape index (κ1) is 9.04. The number of nitriles is 1. The maximum atomic E-state index is 8.59. The van der Waals surface area contributed by atoms with Crippen molar-refractivity contribution in [3.05, 3.63) is 29.0 Å². The van der Waals surface area contributed by atoms with Crippen LogP contribution in [-0.2, 0) is 13.5 Å². The number of imidazole rings is 1. The first-order valence-electron chi connectivity index (χ1n) is 4.20. The van der Waals surface area contributed by atoms with Crippen molar-refractivity contribution in [3.8, 4) is 6.07 Å². The number of hydrogen-bond acceptors (Lipinski definition) is 2. The van der Waals surface area contributed by atoms with Crippen LogP contribution in [-0.4, -0.2) is 9.55 Å². The molecule has 0 spiro atoms. The van der Waals surface area contributed by atoms with Crippen molar-refractivity contribution >= 4 is 22.6 Å². The molecule has 0 saturated carbocycles. The third kappa shape index (κ3) is 1.34. The highest BCUT2D eigenvalue weighted by atomic mass is 35.5. The molecule has 0 aliphatic carbocycles. The number of aromatic nitrogens is 2. The van der Waals surface area contributed by atoms with Crippen LogP contribution in [0.1, 0.15) is 5.82 Å². The molecule has 0 aliphatic rings. The Kier molecular flexibility index (Phi) is 2.14. The van der Waals surface area contributed by atoms with E-state index in [0.29, 0.717) is 11.4 Å². The van der Waals surface area contributed by atoms with Crippen molar-refractivity contribution in [3.63, 3.8) is 0 Å². The number of aryl methyl sites for hydroxylation is 1. The fourth-order valence-corrected chi connectivity index (χ4v) is 1.62. The molecule has 0 fully saturated rings. The van der Waals surface area contributed by atoms with Crippen molar-refractivity contribution in [2.75, 3.05) is 0 Å². The maximum absolute atomic E-state index is 8.59. The van der Waals surface area contributed by atoms with Crippen LogP contribution in [0, 0.1) is 11.3 Å². The van der Waals surface area contributed by atoms with Gasteiger partial charge >= 0.3 is 0 Å². The van der Waals surface area contributed by atoms with Gasteiger partial charge in [0.05, 0.1) is 23.5 Å². The SMILES string of the molecule is Cn1c(CC#N)nc2cc(Cl)ccc21. The van der Waals surface area contributed by atoms with Crippen LogP contribution in [0.4, 0.5) is 0 Å². The maximum Gasteiger partial charge on any atom is 0.123 e. The molecule has 0 N–H and O–H groups in total. The van der Waals surface area contributed by atoms with Crippen molar-refractivity contribution in [1.29, 1.82) is 5.26 Å². The highest BCUT2D eigenvalue weighted by molar-refractivity contribution is 6.31. The molecule has 14 heavy (non-hydrogen) atoms. The predicted molar refractivity (Wildman–Crippen MR) is 55.0 cm³/mol. The second-order valence-corrected chi connectivity index (χ2v) is 3.49. The molecule has 4 heteroatoms. The summed E-state index contributed by atoms with van der Waals surface area (Å²) in [7, 11) is 1.90. The predicted octanol–water partition coefficient (Wildman–Crippen LogP) is 2.29. The van der Waals surface area contributed by atoms with Gasteiger partial charge in [0.1, 0.15) is 5.82 Å². The van der Waals surface area contributed by atoms with Crippen LogP contribution in [0.2, 0.25) is 5.02 Å². The summed E-state index contributed by atoms with van der Waals surface area (Å²) in [4.78, 5) is 4.32. The Bertz CT molecular complexity index is 522. The molecule has 0 radical (unpaired) electrons. The van der Waals surface area contributed by atoms with Crippen LogP contribution in [0.5, 0.6) is 0 Å². The second kappa shape index (κ2) is 3.32. The summed E-state index contributed by atoms with van der Waals surface area (Å²) in [5, 5.41) is 9.26. The molecule has 0 saturated heterocycles. The van der Waals surface area contributed by atoms with Gasteiger partial charge in [0.2, 0.25) is 0 Å². The molecule has 1 aromatic heterocycles. The Morgan fingerprint density at radius 2 is 2.36 bits per heavy atom. The normalized spacial score (nSPS) is 10.4.